The molecule has 0 aliphatic rings. The standard InChI is InChI=1S/C19H19FN4O/c1-13-10-15(12-16(20)11-13)19(25)21-9-8-17-22-23-18(24(17)2)14-6-4-3-5-7-14/h3-7,10-12H,8-9H2,1-2H3,(H,21,25). The van der Waals surface area contributed by atoms with Crippen molar-refractivity contribution in [1.82, 2.24) is 20.1 Å². The van der Waals surface area contributed by atoms with Crippen LogP contribution in [0.1, 0.15) is 21.7 Å². The molecule has 1 amide bonds. The van der Waals surface area contributed by atoms with Crippen molar-refractivity contribution in [3.05, 3.63) is 71.3 Å². The first-order valence-corrected chi connectivity index (χ1v) is 8.03. The monoisotopic (exact) mass is 338 g/mol. The van der Waals surface area contributed by atoms with Gasteiger partial charge in [-0.3, -0.25) is 4.79 Å². The highest BCUT2D eigenvalue weighted by Gasteiger charge is 2.12. The second kappa shape index (κ2) is 7.25. The molecular formula is C19H19FN4O. The Labute approximate surface area is 145 Å². The zero-order valence-electron chi connectivity index (χ0n) is 14.2. The Balaban J connectivity index is 1.63. The number of hydrogen-bond donors (Lipinski definition) is 1. The third kappa shape index (κ3) is 3.91. The molecule has 0 saturated heterocycles. The van der Waals surface area contributed by atoms with Crippen molar-refractivity contribution in [3.63, 3.8) is 0 Å². The maximum atomic E-state index is 13.4. The molecule has 2 aromatic carbocycles. The van der Waals surface area contributed by atoms with Gasteiger partial charge in [-0.1, -0.05) is 30.3 Å². The van der Waals surface area contributed by atoms with Gasteiger partial charge in [0.15, 0.2) is 5.82 Å². The highest BCUT2D eigenvalue weighted by molar-refractivity contribution is 5.94. The fourth-order valence-electron chi connectivity index (χ4n) is 2.68. The van der Waals surface area contributed by atoms with E-state index in [4.69, 9.17) is 0 Å². The van der Waals surface area contributed by atoms with Crippen LogP contribution in [0.25, 0.3) is 11.4 Å². The van der Waals surface area contributed by atoms with E-state index in [1.165, 1.54) is 12.1 Å². The van der Waals surface area contributed by atoms with Crippen LogP contribution in [0.2, 0.25) is 0 Å². The van der Waals surface area contributed by atoms with Gasteiger partial charge in [0.1, 0.15) is 11.6 Å². The summed E-state index contributed by atoms with van der Waals surface area (Å²) in [6, 6.07) is 14.1. The molecule has 0 atom stereocenters. The predicted octanol–water partition coefficient (Wildman–Crippen LogP) is 2.90. The van der Waals surface area contributed by atoms with E-state index in [1.54, 1.807) is 13.0 Å². The molecular weight excluding hydrogens is 319 g/mol. The van der Waals surface area contributed by atoms with Gasteiger partial charge in [-0.25, -0.2) is 4.39 Å². The van der Waals surface area contributed by atoms with Crippen LogP contribution >= 0.6 is 0 Å². The summed E-state index contributed by atoms with van der Waals surface area (Å²) < 4.78 is 15.3. The van der Waals surface area contributed by atoms with Crippen molar-refractivity contribution in [3.8, 4) is 11.4 Å². The minimum absolute atomic E-state index is 0.298. The summed E-state index contributed by atoms with van der Waals surface area (Å²) in [6.07, 6.45) is 0.538. The molecule has 6 heteroatoms. The molecule has 0 bridgehead atoms. The van der Waals surface area contributed by atoms with E-state index in [-0.39, 0.29) is 5.91 Å². The van der Waals surface area contributed by atoms with Gasteiger partial charge < -0.3 is 9.88 Å². The van der Waals surface area contributed by atoms with Crippen LogP contribution in [-0.2, 0) is 13.5 Å². The first kappa shape index (κ1) is 16.8. The molecule has 0 saturated carbocycles. The molecule has 0 radical (unpaired) electrons. The molecule has 1 N–H and O–H groups in total. The fourth-order valence-corrected chi connectivity index (χ4v) is 2.68. The third-order valence-electron chi connectivity index (χ3n) is 3.94. The second-order valence-electron chi connectivity index (χ2n) is 5.89. The fraction of sp³-hybridized carbons (Fsp3) is 0.211. The maximum absolute atomic E-state index is 13.4. The molecule has 1 heterocycles. The van der Waals surface area contributed by atoms with E-state index in [1.807, 2.05) is 41.9 Å². The number of amides is 1. The van der Waals surface area contributed by atoms with Gasteiger partial charge >= 0.3 is 0 Å². The van der Waals surface area contributed by atoms with Gasteiger partial charge in [-0.05, 0) is 30.7 Å². The lowest BCUT2D eigenvalue weighted by atomic mass is 10.1. The van der Waals surface area contributed by atoms with Crippen LogP contribution < -0.4 is 5.32 Å². The topological polar surface area (TPSA) is 59.8 Å². The number of benzene rings is 2. The molecule has 0 aliphatic heterocycles. The summed E-state index contributed by atoms with van der Waals surface area (Å²) in [5, 5.41) is 11.2. The molecule has 0 fully saturated rings. The lowest BCUT2D eigenvalue weighted by molar-refractivity contribution is 0.0953. The summed E-state index contributed by atoms with van der Waals surface area (Å²) in [7, 11) is 1.90. The Morgan fingerprint density at radius 2 is 1.92 bits per heavy atom. The number of nitrogens with zero attached hydrogens (tertiary/aromatic N) is 3. The van der Waals surface area contributed by atoms with E-state index in [2.05, 4.69) is 15.5 Å². The number of halogens is 1. The molecule has 25 heavy (non-hydrogen) atoms. The van der Waals surface area contributed by atoms with Crippen LogP contribution in [-0.4, -0.2) is 27.2 Å². The zero-order valence-corrected chi connectivity index (χ0v) is 14.2. The number of nitrogens with one attached hydrogen (secondary N) is 1. The smallest absolute Gasteiger partial charge is 0.251 e. The summed E-state index contributed by atoms with van der Waals surface area (Å²) in [5.74, 6) is 0.844. The Bertz CT molecular complexity index is 869. The first-order chi connectivity index (χ1) is 12.0. The molecule has 3 rings (SSSR count). The summed E-state index contributed by atoms with van der Waals surface area (Å²) in [5.41, 5.74) is 2.02. The Morgan fingerprint density at radius 1 is 1.16 bits per heavy atom. The predicted molar refractivity (Wildman–Crippen MR) is 93.6 cm³/mol. The SMILES string of the molecule is Cc1cc(F)cc(C(=O)NCCc2nnc(-c3ccccc3)n2C)c1. The highest BCUT2D eigenvalue weighted by atomic mass is 19.1. The van der Waals surface area contributed by atoms with Crippen LogP contribution in [0.4, 0.5) is 4.39 Å². The minimum atomic E-state index is -0.411. The van der Waals surface area contributed by atoms with Crippen molar-refractivity contribution >= 4 is 5.91 Å². The molecule has 128 valence electrons. The Kier molecular flexibility index (Phi) is 4.88. The van der Waals surface area contributed by atoms with E-state index < -0.39 is 5.82 Å². The van der Waals surface area contributed by atoms with Crippen LogP contribution in [0.3, 0.4) is 0 Å². The number of hydrogen-bond acceptors (Lipinski definition) is 3. The lowest BCUT2D eigenvalue weighted by Crippen LogP contribution is -2.26. The molecule has 3 aromatic rings. The van der Waals surface area contributed by atoms with E-state index in [0.29, 0.717) is 24.1 Å². The number of aryl methyl sites for hydroxylation is 1. The average molecular weight is 338 g/mol. The summed E-state index contributed by atoms with van der Waals surface area (Å²) in [6.45, 7) is 2.15. The molecule has 0 unspecified atom stereocenters. The van der Waals surface area contributed by atoms with Crippen molar-refractivity contribution in [1.29, 1.82) is 0 Å². The van der Waals surface area contributed by atoms with Crippen LogP contribution in [0.5, 0.6) is 0 Å². The largest absolute Gasteiger partial charge is 0.352 e. The zero-order chi connectivity index (χ0) is 17.8. The Hall–Kier alpha value is -3.02. The van der Waals surface area contributed by atoms with Crippen molar-refractivity contribution in [2.45, 2.75) is 13.3 Å². The number of rotatable bonds is 5. The van der Waals surface area contributed by atoms with Gasteiger partial charge in [0.05, 0.1) is 0 Å². The van der Waals surface area contributed by atoms with Crippen LogP contribution in [0, 0.1) is 12.7 Å². The van der Waals surface area contributed by atoms with Gasteiger partial charge in [-0.2, -0.15) is 0 Å². The minimum Gasteiger partial charge on any atom is -0.352 e. The Morgan fingerprint density at radius 3 is 2.64 bits per heavy atom. The highest BCUT2D eigenvalue weighted by Crippen LogP contribution is 2.16. The van der Waals surface area contributed by atoms with Gasteiger partial charge in [0, 0.05) is 31.1 Å². The summed E-state index contributed by atoms with van der Waals surface area (Å²) in [4.78, 5) is 12.1. The molecule has 0 aliphatic carbocycles. The van der Waals surface area contributed by atoms with Crippen molar-refractivity contribution in [2.24, 2.45) is 7.05 Å². The van der Waals surface area contributed by atoms with E-state index >= 15 is 0 Å². The lowest BCUT2D eigenvalue weighted by Gasteiger charge is -2.07. The number of carbonyl (C=O) groups is 1. The molecule has 1 aromatic heterocycles. The molecule has 5 nitrogen and oxygen atoms in total. The maximum Gasteiger partial charge on any atom is 0.251 e. The normalized spacial score (nSPS) is 10.7. The quantitative estimate of drug-likeness (QED) is 0.778. The number of aromatic nitrogens is 3. The van der Waals surface area contributed by atoms with Crippen molar-refractivity contribution in [2.75, 3.05) is 6.54 Å². The number of carbonyl (C=O) groups excluding carboxylic acids is 1. The average Bonchev–Trinajstić information content (AvgIpc) is 2.95. The second-order valence-corrected chi connectivity index (χ2v) is 5.89. The van der Waals surface area contributed by atoms with Gasteiger partial charge in [0.2, 0.25) is 0 Å². The summed E-state index contributed by atoms with van der Waals surface area (Å²) >= 11 is 0. The van der Waals surface area contributed by atoms with E-state index in [9.17, 15) is 9.18 Å². The first-order valence-electron chi connectivity index (χ1n) is 8.03. The third-order valence-corrected chi connectivity index (χ3v) is 3.94. The van der Waals surface area contributed by atoms with Crippen molar-refractivity contribution < 1.29 is 9.18 Å². The van der Waals surface area contributed by atoms with Gasteiger partial charge in [-0.15, -0.1) is 10.2 Å². The van der Waals surface area contributed by atoms with Crippen LogP contribution in [0.15, 0.2) is 48.5 Å². The van der Waals surface area contributed by atoms with E-state index in [0.717, 1.165) is 17.2 Å². The molecule has 0 spiro atoms. The van der Waals surface area contributed by atoms with Gasteiger partial charge in [0.25, 0.3) is 5.91 Å².